The Balaban J connectivity index is 2.12. The van der Waals surface area contributed by atoms with Crippen LogP contribution in [0.25, 0.3) is 0 Å². The first-order chi connectivity index (χ1) is 9.72. The van der Waals surface area contributed by atoms with Gasteiger partial charge in [0.2, 0.25) is 0 Å². The number of amidine groups is 1. The van der Waals surface area contributed by atoms with Crippen molar-refractivity contribution in [3.63, 3.8) is 0 Å². The maximum absolute atomic E-state index is 11.9. The minimum Gasteiger partial charge on any atom is -0.379 e. The molecule has 5 nitrogen and oxygen atoms in total. The summed E-state index contributed by atoms with van der Waals surface area (Å²) in [6, 6.07) is 12.4. The molecule has 2 N–H and O–H groups in total. The van der Waals surface area contributed by atoms with Crippen LogP contribution in [0.5, 0.6) is 0 Å². The van der Waals surface area contributed by atoms with Crippen LogP contribution in [0.15, 0.2) is 58.7 Å². The number of thioether (sulfide) groups is 1. The van der Waals surface area contributed by atoms with Crippen molar-refractivity contribution in [1.29, 1.82) is 0 Å². The zero-order valence-corrected chi connectivity index (χ0v) is 11.6. The molecule has 0 saturated heterocycles. The van der Waals surface area contributed by atoms with Crippen LogP contribution in [0.4, 0.5) is 0 Å². The van der Waals surface area contributed by atoms with E-state index in [1.807, 2.05) is 18.4 Å². The van der Waals surface area contributed by atoms with Crippen LogP contribution in [0, 0.1) is 0 Å². The summed E-state index contributed by atoms with van der Waals surface area (Å²) in [4.78, 5) is 21.6. The van der Waals surface area contributed by atoms with Gasteiger partial charge in [0.05, 0.1) is 5.56 Å². The fraction of sp³-hybridized carbons (Fsp3) is 0.0714. The number of oxime groups is 1. The Hall–Kier alpha value is -2.34. The van der Waals surface area contributed by atoms with Crippen LogP contribution in [0.2, 0.25) is 0 Å². The predicted octanol–water partition coefficient (Wildman–Crippen LogP) is 2.28. The SMILES string of the molecule is CSc1ccccc1C(=O)O/N=C(/N)c1ccccn1. The van der Waals surface area contributed by atoms with Crippen molar-refractivity contribution in [2.24, 2.45) is 10.9 Å². The molecule has 1 aromatic carbocycles. The smallest absolute Gasteiger partial charge is 0.366 e. The summed E-state index contributed by atoms with van der Waals surface area (Å²) in [5.41, 5.74) is 6.61. The zero-order chi connectivity index (χ0) is 14.4. The van der Waals surface area contributed by atoms with Gasteiger partial charge in [-0.25, -0.2) is 4.79 Å². The maximum Gasteiger partial charge on any atom is 0.366 e. The van der Waals surface area contributed by atoms with Crippen LogP contribution < -0.4 is 5.73 Å². The second kappa shape index (κ2) is 6.72. The Morgan fingerprint density at radius 2 is 2.00 bits per heavy atom. The van der Waals surface area contributed by atoms with Gasteiger partial charge in [0, 0.05) is 11.1 Å². The van der Waals surface area contributed by atoms with Crippen molar-refractivity contribution in [1.82, 2.24) is 4.98 Å². The monoisotopic (exact) mass is 287 g/mol. The summed E-state index contributed by atoms with van der Waals surface area (Å²) in [5.74, 6) is -0.491. The van der Waals surface area contributed by atoms with E-state index in [2.05, 4.69) is 10.1 Å². The molecule has 2 aromatic rings. The summed E-state index contributed by atoms with van der Waals surface area (Å²) in [6.07, 6.45) is 3.47. The van der Waals surface area contributed by atoms with Crippen LogP contribution in [0.3, 0.4) is 0 Å². The number of nitrogens with zero attached hydrogens (tertiary/aromatic N) is 2. The summed E-state index contributed by atoms with van der Waals surface area (Å²) >= 11 is 1.46. The predicted molar refractivity (Wildman–Crippen MR) is 78.6 cm³/mol. The third kappa shape index (κ3) is 3.36. The van der Waals surface area contributed by atoms with E-state index in [1.165, 1.54) is 11.8 Å². The van der Waals surface area contributed by atoms with E-state index in [4.69, 9.17) is 10.6 Å². The molecule has 0 amide bonds. The summed E-state index contributed by atoms with van der Waals surface area (Å²) in [5, 5.41) is 3.62. The lowest BCUT2D eigenvalue weighted by atomic mass is 10.2. The van der Waals surface area contributed by atoms with E-state index in [0.717, 1.165) is 4.90 Å². The molecular weight excluding hydrogens is 274 g/mol. The molecule has 0 atom stereocenters. The lowest BCUT2D eigenvalue weighted by molar-refractivity contribution is 0.0512. The first-order valence-corrected chi connectivity index (χ1v) is 7.04. The van der Waals surface area contributed by atoms with E-state index >= 15 is 0 Å². The highest BCUT2D eigenvalue weighted by atomic mass is 32.2. The lowest BCUT2D eigenvalue weighted by Gasteiger charge is -2.04. The molecule has 0 spiro atoms. The molecule has 0 fully saturated rings. The number of rotatable bonds is 4. The third-order valence-electron chi connectivity index (χ3n) is 2.48. The van der Waals surface area contributed by atoms with E-state index < -0.39 is 5.97 Å². The number of hydrogen-bond donors (Lipinski definition) is 1. The molecular formula is C14H13N3O2S. The first-order valence-electron chi connectivity index (χ1n) is 5.81. The zero-order valence-electron chi connectivity index (χ0n) is 10.8. The Morgan fingerprint density at radius 1 is 1.25 bits per heavy atom. The first kappa shape index (κ1) is 14.1. The van der Waals surface area contributed by atoms with Crippen molar-refractivity contribution >= 4 is 23.6 Å². The Labute approximate surface area is 120 Å². The Kier molecular flexibility index (Phi) is 4.73. The largest absolute Gasteiger partial charge is 0.379 e. The van der Waals surface area contributed by atoms with Gasteiger partial charge in [0.1, 0.15) is 5.69 Å². The van der Waals surface area contributed by atoms with Gasteiger partial charge in [-0.15, -0.1) is 11.8 Å². The van der Waals surface area contributed by atoms with Crippen LogP contribution in [-0.2, 0) is 4.84 Å². The third-order valence-corrected chi connectivity index (χ3v) is 3.28. The van der Waals surface area contributed by atoms with Gasteiger partial charge in [-0.05, 0) is 30.5 Å². The molecule has 2 rings (SSSR count). The highest BCUT2D eigenvalue weighted by Gasteiger charge is 2.12. The number of carbonyl (C=O) groups is 1. The number of aromatic nitrogens is 1. The lowest BCUT2D eigenvalue weighted by Crippen LogP contribution is -2.16. The standard InChI is InChI=1S/C14H13N3O2S/c1-20-12-8-3-2-6-10(12)14(18)19-17-13(15)11-7-4-5-9-16-11/h2-9H,1H3,(H2,15,17). The van der Waals surface area contributed by atoms with Gasteiger partial charge >= 0.3 is 5.97 Å². The second-order valence-electron chi connectivity index (χ2n) is 3.77. The van der Waals surface area contributed by atoms with Crippen molar-refractivity contribution in [3.8, 4) is 0 Å². The fourth-order valence-electron chi connectivity index (χ4n) is 1.51. The molecule has 6 heteroatoms. The van der Waals surface area contributed by atoms with E-state index in [0.29, 0.717) is 11.3 Å². The van der Waals surface area contributed by atoms with Crippen molar-refractivity contribution in [3.05, 3.63) is 59.9 Å². The number of hydrogen-bond acceptors (Lipinski definition) is 5. The summed E-state index contributed by atoms with van der Waals surface area (Å²) < 4.78 is 0. The van der Waals surface area contributed by atoms with Gasteiger partial charge in [0.15, 0.2) is 5.84 Å². The molecule has 0 bridgehead atoms. The van der Waals surface area contributed by atoms with Gasteiger partial charge < -0.3 is 10.6 Å². The molecule has 1 heterocycles. The van der Waals surface area contributed by atoms with E-state index in [1.54, 1.807) is 36.5 Å². The molecule has 0 radical (unpaired) electrons. The highest BCUT2D eigenvalue weighted by Crippen LogP contribution is 2.20. The van der Waals surface area contributed by atoms with E-state index in [9.17, 15) is 4.79 Å². The van der Waals surface area contributed by atoms with Crippen molar-refractivity contribution in [2.45, 2.75) is 4.90 Å². The molecule has 102 valence electrons. The van der Waals surface area contributed by atoms with Crippen LogP contribution in [-0.4, -0.2) is 23.0 Å². The Morgan fingerprint density at radius 3 is 2.70 bits per heavy atom. The van der Waals surface area contributed by atoms with Crippen LogP contribution >= 0.6 is 11.8 Å². The van der Waals surface area contributed by atoms with E-state index in [-0.39, 0.29) is 5.84 Å². The van der Waals surface area contributed by atoms with Gasteiger partial charge in [-0.3, -0.25) is 4.98 Å². The molecule has 0 unspecified atom stereocenters. The van der Waals surface area contributed by atoms with Crippen molar-refractivity contribution in [2.75, 3.05) is 6.26 Å². The number of benzene rings is 1. The van der Waals surface area contributed by atoms with Crippen LogP contribution in [0.1, 0.15) is 16.1 Å². The molecule has 1 aromatic heterocycles. The average molecular weight is 287 g/mol. The number of pyridine rings is 1. The second-order valence-corrected chi connectivity index (χ2v) is 4.62. The minimum atomic E-state index is -0.547. The van der Waals surface area contributed by atoms with Gasteiger partial charge in [-0.1, -0.05) is 23.4 Å². The normalized spacial score (nSPS) is 11.2. The summed E-state index contributed by atoms with van der Waals surface area (Å²) in [6.45, 7) is 0. The molecule has 0 aliphatic carbocycles. The average Bonchev–Trinajstić information content (AvgIpc) is 2.53. The molecule has 0 aliphatic rings. The minimum absolute atomic E-state index is 0.0561. The molecule has 0 aliphatic heterocycles. The van der Waals surface area contributed by atoms with Gasteiger partial charge in [0.25, 0.3) is 0 Å². The number of nitrogens with two attached hydrogens (primary N) is 1. The highest BCUT2D eigenvalue weighted by molar-refractivity contribution is 7.98. The molecule has 0 saturated carbocycles. The fourth-order valence-corrected chi connectivity index (χ4v) is 2.10. The quantitative estimate of drug-likeness (QED) is 0.307. The topological polar surface area (TPSA) is 77.6 Å². The van der Waals surface area contributed by atoms with Gasteiger partial charge in [-0.2, -0.15) is 0 Å². The maximum atomic E-state index is 11.9. The van der Waals surface area contributed by atoms with Crippen molar-refractivity contribution < 1.29 is 9.63 Å². The molecule has 20 heavy (non-hydrogen) atoms. The summed E-state index contributed by atoms with van der Waals surface area (Å²) in [7, 11) is 0. The Bertz CT molecular complexity index is 629. The number of carbonyl (C=O) groups excluding carboxylic acids is 1.